The molecule has 4 rings (SSSR count). The fourth-order valence-corrected chi connectivity index (χ4v) is 5.12. The maximum atomic E-state index is 11.4. The summed E-state index contributed by atoms with van der Waals surface area (Å²) in [6, 6.07) is 6.98. The molecule has 0 saturated carbocycles. The van der Waals surface area contributed by atoms with Crippen molar-refractivity contribution in [1.29, 1.82) is 0 Å². The van der Waals surface area contributed by atoms with Crippen molar-refractivity contribution in [3.8, 4) is 11.4 Å². The van der Waals surface area contributed by atoms with Crippen LogP contribution in [0.2, 0.25) is 5.02 Å². The number of benzene rings is 1. The number of aliphatic hydroxyl groups excluding tert-OH is 2. The fraction of sp³-hybridized carbons (Fsp3) is 0.389. The number of aromatic nitrogens is 4. The summed E-state index contributed by atoms with van der Waals surface area (Å²) in [5.41, 5.74) is 5.24. The summed E-state index contributed by atoms with van der Waals surface area (Å²) in [5, 5.41) is 32.4. The molecule has 0 aliphatic carbocycles. The van der Waals surface area contributed by atoms with Crippen molar-refractivity contribution in [2.75, 3.05) is 19.5 Å². The van der Waals surface area contributed by atoms with Crippen LogP contribution < -0.4 is 5.73 Å². The van der Waals surface area contributed by atoms with Crippen LogP contribution in [0.5, 0.6) is 0 Å². The van der Waals surface area contributed by atoms with Crippen LogP contribution in [0.15, 0.2) is 35.8 Å². The molecule has 0 bridgehead atoms. The Kier molecular flexibility index (Phi) is 6.04. The predicted octanol–water partition coefficient (Wildman–Crippen LogP) is 1.40. The lowest BCUT2D eigenvalue weighted by atomic mass is 9.75. The maximum absolute atomic E-state index is 11.4. The van der Waals surface area contributed by atoms with E-state index in [1.807, 2.05) is 0 Å². The molecule has 3 heterocycles. The van der Waals surface area contributed by atoms with E-state index in [-0.39, 0.29) is 0 Å². The minimum atomic E-state index is -1.34. The van der Waals surface area contributed by atoms with Gasteiger partial charge < -0.3 is 25.4 Å². The first-order valence-electron chi connectivity index (χ1n) is 8.97. The third-order valence-corrected chi connectivity index (χ3v) is 6.49. The number of thiol groups is 1. The highest BCUT2D eigenvalue weighted by molar-refractivity contribution is 7.80. The van der Waals surface area contributed by atoms with E-state index in [0.717, 1.165) is 0 Å². The number of methoxy groups -OCH3 is 1. The second kappa shape index (κ2) is 8.42. The summed E-state index contributed by atoms with van der Waals surface area (Å²) in [4.78, 5) is 4.24. The van der Waals surface area contributed by atoms with Gasteiger partial charge in [0, 0.05) is 17.5 Å². The first-order chi connectivity index (χ1) is 14.4. The molecule has 3 aromatic rings. The summed E-state index contributed by atoms with van der Waals surface area (Å²) in [5.74, 6) is 0. The minimum absolute atomic E-state index is 0.403. The number of rotatable bonds is 5. The number of ether oxygens (including phenoxy) is 2. The standard InChI is InChI=1S/C18H20ClN5O4S2/c1-27-15-16(29)28-13(7-25)14(26)18(15,9-3-2-4-10(19)5-9)24-6-11(22-23-24)12-8-30-17(20)21-12/h2-6,8,13-16,25-26,29H,7H2,1H3,(H2,20,21)/t13-,14+,15+,16-,18+/m0/s1. The molecule has 1 aromatic carbocycles. The number of thiazole rings is 1. The van der Waals surface area contributed by atoms with E-state index < -0.39 is 35.9 Å². The van der Waals surface area contributed by atoms with Gasteiger partial charge in [0.25, 0.3) is 0 Å². The zero-order valence-corrected chi connectivity index (χ0v) is 18.3. The number of nitrogen functional groups attached to an aromatic ring is 1. The highest BCUT2D eigenvalue weighted by Gasteiger charge is 2.59. The van der Waals surface area contributed by atoms with Gasteiger partial charge in [-0.15, -0.1) is 29.1 Å². The lowest BCUT2D eigenvalue weighted by Crippen LogP contribution is -2.67. The van der Waals surface area contributed by atoms with Gasteiger partial charge in [-0.25, -0.2) is 9.67 Å². The number of hydrogen-bond donors (Lipinski definition) is 4. The first kappa shape index (κ1) is 21.5. The van der Waals surface area contributed by atoms with Crippen LogP contribution >= 0.6 is 35.6 Å². The molecule has 30 heavy (non-hydrogen) atoms. The van der Waals surface area contributed by atoms with Gasteiger partial charge in [0.1, 0.15) is 40.7 Å². The predicted molar refractivity (Wildman–Crippen MR) is 116 cm³/mol. The molecule has 1 aliphatic rings. The van der Waals surface area contributed by atoms with Gasteiger partial charge in [-0.05, 0) is 17.7 Å². The average molecular weight is 470 g/mol. The smallest absolute Gasteiger partial charge is 0.180 e. The monoisotopic (exact) mass is 469 g/mol. The van der Waals surface area contributed by atoms with Gasteiger partial charge in [-0.3, -0.25) is 0 Å². The molecule has 0 unspecified atom stereocenters. The van der Waals surface area contributed by atoms with Crippen LogP contribution in [0.25, 0.3) is 11.4 Å². The molecule has 9 nitrogen and oxygen atoms in total. The average Bonchev–Trinajstić information content (AvgIpc) is 3.38. The normalized spacial score (nSPS) is 29.2. The fourth-order valence-electron chi connectivity index (χ4n) is 3.87. The van der Waals surface area contributed by atoms with Crippen molar-refractivity contribution in [1.82, 2.24) is 20.0 Å². The highest BCUT2D eigenvalue weighted by atomic mass is 35.5. The van der Waals surface area contributed by atoms with E-state index in [4.69, 9.17) is 26.8 Å². The zero-order valence-electron chi connectivity index (χ0n) is 15.8. The number of nitrogens with two attached hydrogens (primary N) is 1. The molecular weight excluding hydrogens is 450 g/mol. The summed E-state index contributed by atoms with van der Waals surface area (Å²) in [6.45, 7) is -0.429. The van der Waals surface area contributed by atoms with Gasteiger partial charge in [0.15, 0.2) is 5.13 Å². The molecule has 0 radical (unpaired) electrons. The second-order valence-electron chi connectivity index (χ2n) is 6.80. The van der Waals surface area contributed by atoms with Crippen molar-refractivity contribution in [2.45, 2.75) is 29.3 Å². The number of aliphatic hydroxyl groups is 2. The Morgan fingerprint density at radius 1 is 1.43 bits per heavy atom. The second-order valence-corrected chi connectivity index (χ2v) is 8.64. The van der Waals surface area contributed by atoms with E-state index in [1.165, 1.54) is 23.1 Å². The van der Waals surface area contributed by atoms with E-state index in [1.54, 1.807) is 35.8 Å². The first-order valence-corrected chi connectivity index (χ1v) is 10.7. The molecule has 0 amide bonds. The minimum Gasteiger partial charge on any atom is -0.394 e. The van der Waals surface area contributed by atoms with Crippen LogP contribution in [-0.4, -0.2) is 67.7 Å². The number of halogens is 1. The van der Waals surface area contributed by atoms with Gasteiger partial charge in [-0.2, -0.15) is 0 Å². The van der Waals surface area contributed by atoms with Crippen LogP contribution in [0.4, 0.5) is 5.13 Å². The van der Waals surface area contributed by atoms with Gasteiger partial charge in [-0.1, -0.05) is 28.9 Å². The Balaban J connectivity index is 1.95. The van der Waals surface area contributed by atoms with Crippen LogP contribution in [0, 0.1) is 0 Å². The highest BCUT2D eigenvalue weighted by Crippen LogP contribution is 2.44. The number of nitrogens with zero attached hydrogens (tertiary/aromatic N) is 4. The van der Waals surface area contributed by atoms with E-state index in [2.05, 4.69) is 27.9 Å². The zero-order chi connectivity index (χ0) is 21.5. The van der Waals surface area contributed by atoms with Crippen molar-refractivity contribution >= 4 is 40.7 Å². The van der Waals surface area contributed by atoms with Crippen molar-refractivity contribution in [3.63, 3.8) is 0 Å². The Labute approximate surface area is 186 Å². The Bertz CT molecular complexity index is 1030. The van der Waals surface area contributed by atoms with Crippen LogP contribution in [-0.2, 0) is 15.0 Å². The molecule has 1 fully saturated rings. The van der Waals surface area contributed by atoms with E-state index >= 15 is 0 Å². The third kappa shape index (κ3) is 3.40. The van der Waals surface area contributed by atoms with Gasteiger partial charge >= 0.3 is 0 Å². The Morgan fingerprint density at radius 3 is 2.87 bits per heavy atom. The van der Waals surface area contributed by atoms with Crippen molar-refractivity contribution in [2.24, 2.45) is 0 Å². The Hall–Kier alpha value is -1.73. The molecule has 12 heteroatoms. The SMILES string of the molecule is CO[C@@H]1[C@H](S)O[C@@H](CO)[C@@H](O)[C@@]1(c1cccc(Cl)c1)n1cc(-c2csc(N)n2)nn1. The topological polar surface area (TPSA) is 129 Å². The molecule has 4 N–H and O–H groups in total. The van der Waals surface area contributed by atoms with E-state index in [9.17, 15) is 10.2 Å². The van der Waals surface area contributed by atoms with Crippen LogP contribution in [0.1, 0.15) is 5.56 Å². The lowest BCUT2D eigenvalue weighted by molar-refractivity contribution is -0.213. The molecule has 0 spiro atoms. The van der Waals surface area contributed by atoms with Crippen LogP contribution in [0.3, 0.4) is 0 Å². The maximum Gasteiger partial charge on any atom is 0.180 e. The molecule has 160 valence electrons. The molecule has 1 saturated heterocycles. The molecule has 1 aliphatic heterocycles. The Morgan fingerprint density at radius 2 is 2.23 bits per heavy atom. The molecular formula is C18H20ClN5O4S2. The summed E-state index contributed by atoms with van der Waals surface area (Å²) in [6.07, 6.45) is -1.36. The number of hydrogen-bond acceptors (Lipinski definition) is 10. The van der Waals surface area contributed by atoms with Gasteiger partial charge in [0.05, 0.1) is 12.8 Å². The summed E-state index contributed by atoms with van der Waals surface area (Å²) in [7, 11) is 1.49. The lowest BCUT2D eigenvalue weighted by Gasteiger charge is -2.51. The quantitative estimate of drug-likeness (QED) is 0.413. The summed E-state index contributed by atoms with van der Waals surface area (Å²) >= 11 is 12.1. The van der Waals surface area contributed by atoms with Gasteiger partial charge in [0.2, 0.25) is 0 Å². The molecule has 2 aromatic heterocycles. The summed E-state index contributed by atoms with van der Waals surface area (Å²) < 4.78 is 12.9. The molecule has 5 atom stereocenters. The number of anilines is 1. The van der Waals surface area contributed by atoms with Crippen molar-refractivity contribution < 1.29 is 19.7 Å². The largest absolute Gasteiger partial charge is 0.394 e. The van der Waals surface area contributed by atoms with Crippen molar-refractivity contribution in [3.05, 3.63) is 46.4 Å². The third-order valence-electron chi connectivity index (χ3n) is 5.19. The van der Waals surface area contributed by atoms with E-state index in [0.29, 0.717) is 27.1 Å².